The first-order valence-electron chi connectivity index (χ1n) is 8.11. The number of hydrogen-bond acceptors (Lipinski definition) is 6. The summed E-state index contributed by atoms with van der Waals surface area (Å²) in [4.78, 5) is 11.5. The van der Waals surface area contributed by atoms with Crippen molar-refractivity contribution in [2.24, 2.45) is 0 Å². The van der Waals surface area contributed by atoms with Gasteiger partial charge in [-0.15, -0.1) is 5.10 Å². The second kappa shape index (κ2) is 5.58. The lowest BCUT2D eigenvalue weighted by atomic mass is 9.86. The summed E-state index contributed by atoms with van der Waals surface area (Å²) in [6.07, 6.45) is 5.37. The molecule has 3 aromatic heterocycles. The Morgan fingerprint density at radius 3 is 2.65 bits per heavy atom. The van der Waals surface area contributed by atoms with Gasteiger partial charge < -0.3 is 10.0 Å². The molecule has 130 valence electrons. The molecule has 4 heterocycles. The Kier molecular flexibility index (Phi) is 3.31. The molecular formula is C18H14FN5OS. The summed E-state index contributed by atoms with van der Waals surface area (Å²) in [6.45, 7) is 0.843. The van der Waals surface area contributed by atoms with Crippen LogP contribution in [-0.4, -0.2) is 37.8 Å². The molecule has 1 saturated heterocycles. The Hall–Kier alpha value is -2.84. The van der Waals surface area contributed by atoms with Gasteiger partial charge in [0.25, 0.3) is 0 Å². The van der Waals surface area contributed by atoms with Crippen LogP contribution in [0.5, 0.6) is 0 Å². The number of nitrogens with zero attached hydrogens (tertiary/aromatic N) is 5. The third-order valence-corrected chi connectivity index (χ3v) is 5.53. The average Bonchev–Trinajstić information content (AvgIpc) is 3.19. The normalized spacial score (nSPS) is 16.0. The van der Waals surface area contributed by atoms with Crippen LogP contribution in [0.2, 0.25) is 0 Å². The molecule has 4 aromatic rings. The molecule has 1 N–H and O–H groups in total. The maximum atomic E-state index is 13.1. The molecule has 26 heavy (non-hydrogen) atoms. The quantitative estimate of drug-likeness (QED) is 0.603. The minimum Gasteiger partial charge on any atom is -0.381 e. The monoisotopic (exact) mass is 367 g/mol. The highest BCUT2D eigenvalue weighted by Gasteiger charge is 2.44. The predicted molar refractivity (Wildman–Crippen MR) is 96.6 cm³/mol. The number of rotatable bonds is 3. The number of benzene rings is 1. The van der Waals surface area contributed by atoms with Gasteiger partial charge in [-0.05, 0) is 29.8 Å². The molecular weight excluding hydrogens is 353 g/mol. The zero-order chi connectivity index (χ0) is 17.7. The fourth-order valence-corrected chi connectivity index (χ4v) is 4.02. The molecule has 0 unspecified atom stereocenters. The molecule has 1 aliphatic rings. The van der Waals surface area contributed by atoms with Crippen molar-refractivity contribution in [2.75, 3.05) is 18.0 Å². The fraction of sp³-hybridized carbons (Fsp3) is 0.167. The van der Waals surface area contributed by atoms with E-state index in [-0.39, 0.29) is 5.82 Å². The lowest BCUT2D eigenvalue weighted by Gasteiger charge is -2.46. The standard InChI is InChI=1S/C18H14FN5OS/c19-14-5-3-13(4-6-14)18(25)10-23(11-18)17-22-24-9-15(21-16(24)26-17)12-2-1-7-20-8-12/h1-9,25H,10-11H2. The van der Waals surface area contributed by atoms with E-state index in [2.05, 4.69) is 15.1 Å². The summed E-state index contributed by atoms with van der Waals surface area (Å²) in [5, 5.41) is 16.1. The van der Waals surface area contributed by atoms with Gasteiger partial charge in [0, 0.05) is 18.0 Å². The number of imidazole rings is 1. The van der Waals surface area contributed by atoms with Crippen molar-refractivity contribution in [3.05, 3.63) is 66.4 Å². The van der Waals surface area contributed by atoms with Crippen molar-refractivity contribution in [1.29, 1.82) is 0 Å². The Balaban J connectivity index is 1.36. The van der Waals surface area contributed by atoms with E-state index in [4.69, 9.17) is 0 Å². The SMILES string of the molecule is OC1(c2ccc(F)cc2)CN(c2nn3cc(-c4cccnc4)nc3s2)C1. The summed E-state index contributed by atoms with van der Waals surface area (Å²) in [5.74, 6) is -0.306. The molecule has 1 fully saturated rings. The molecule has 0 atom stereocenters. The van der Waals surface area contributed by atoms with Crippen molar-refractivity contribution in [2.45, 2.75) is 5.60 Å². The number of aromatic nitrogens is 4. The van der Waals surface area contributed by atoms with E-state index in [0.29, 0.717) is 13.1 Å². The highest BCUT2D eigenvalue weighted by Crippen LogP contribution is 2.37. The Bertz CT molecular complexity index is 1040. The first kappa shape index (κ1) is 15.4. The van der Waals surface area contributed by atoms with Crippen molar-refractivity contribution in [3.63, 3.8) is 0 Å². The highest BCUT2D eigenvalue weighted by molar-refractivity contribution is 7.20. The van der Waals surface area contributed by atoms with Crippen LogP contribution in [0.3, 0.4) is 0 Å². The molecule has 1 aromatic carbocycles. The van der Waals surface area contributed by atoms with Gasteiger partial charge in [-0.25, -0.2) is 13.9 Å². The number of fused-ring (bicyclic) bond motifs is 1. The van der Waals surface area contributed by atoms with Crippen molar-refractivity contribution >= 4 is 21.4 Å². The van der Waals surface area contributed by atoms with Crippen LogP contribution < -0.4 is 4.90 Å². The predicted octanol–water partition coefficient (Wildman–Crippen LogP) is 2.70. The van der Waals surface area contributed by atoms with Gasteiger partial charge in [0.05, 0.1) is 25.0 Å². The highest BCUT2D eigenvalue weighted by atomic mass is 32.1. The smallest absolute Gasteiger partial charge is 0.214 e. The molecule has 0 radical (unpaired) electrons. The van der Waals surface area contributed by atoms with E-state index < -0.39 is 5.60 Å². The van der Waals surface area contributed by atoms with E-state index in [1.807, 2.05) is 23.2 Å². The van der Waals surface area contributed by atoms with E-state index in [1.165, 1.54) is 23.5 Å². The number of anilines is 1. The lowest BCUT2D eigenvalue weighted by Crippen LogP contribution is -2.59. The van der Waals surface area contributed by atoms with Crippen LogP contribution in [0.25, 0.3) is 16.2 Å². The van der Waals surface area contributed by atoms with E-state index in [1.54, 1.807) is 29.0 Å². The maximum Gasteiger partial charge on any atom is 0.214 e. The van der Waals surface area contributed by atoms with Crippen LogP contribution in [0, 0.1) is 5.82 Å². The number of β-amino-alcohol motifs (C(OH)–C–C–N with tert-alkyl or cyclic N) is 1. The molecule has 5 rings (SSSR count). The van der Waals surface area contributed by atoms with Crippen molar-refractivity contribution in [3.8, 4) is 11.3 Å². The zero-order valence-corrected chi connectivity index (χ0v) is 14.4. The molecule has 0 aliphatic carbocycles. The van der Waals surface area contributed by atoms with E-state index in [9.17, 15) is 9.50 Å². The van der Waals surface area contributed by atoms with Crippen molar-refractivity contribution < 1.29 is 9.50 Å². The summed E-state index contributed by atoms with van der Waals surface area (Å²) in [7, 11) is 0. The molecule has 8 heteroatoms. The number of halogens is 1. The van der Waals surface area contributed by atoms with Gasteiger partial charge in [-0.1, -0.05) is 23.5 Å². The number of pyridine rings is 1. The Morgan fingerprint density at radius 2 is 1.96 bits per heavy atom. The molecule has 6 nitrogen and oxygen atoms in total. The summed E-state index contributed by atoms with van der Waals surface area (Å²) >= 11 is 1.47. The second-order valence-corrected chi connectivity index (χ2v) is 7.31. The van der Waals surface area contributed by atoms with Crippen LogP contribution in [0.4, 0.5) is 9.52 Å². The van der Waals surface area contributed by atoms with Gasteiger partial charge in [0.1, 0.15) is 11.4 Å². The summed E-state index contributed by atoms with van der Waals surface area (Å²) in [5.41, 5.74) is 1.52. The van der Waals surface area contributed by atoms with Gasteiger partial charge in [-0.3, -0.25) is 4.98 Å². The zero-order valence-electron chi connectivity index (χ0n) is 13.6. The topological polar surface area (TPSA) is 66.5 Å². The fourth-order valence-electron chi connectivity index (χ4n) is 3.13. The number of aliphatic hydroxyl groups is 1. The molecule has 0 spiro atoms. The van der Waals surface area contributed by atoms with Crippen LogP contribution in [0.1, 0.15) is 5.56 Å². The average molecular weight is 367 g/mol. The molecule has 0 bridgehead atoms. The van der Waals surface area contributed by atoms with Crippen LogP contribution in [0.15, 0.2) is 55.0 Å². The third kappa shape index (κ3) is 2.46. The lowest BCUT2D eigenvalue weighted by molar-refractivity contribution is 0.00738. The Morgan fingerprint density at radius 1 is 1.15 bits per heavy atom. The van der Waals surface area contributed by atoms with Gasteiger partial charge in [0.2, 0.25) is 10.1 Å². The first-order chi connectivity index (χ1) is 12.6. The molecule has 0 amide bonds. The largest absolute Gasteiger partial charge is 0.381 e. The maximum absolute atomic E-state index is 13.1. The van der Waals surface area contributed by atoms with Gasteiger partial charge in [-0.2, -0.15) is 0 Å². The third-order valence-electron chi connectivity index (χ3n) is 4.55. The Labute approximate surface area is 152 Å². The second-order valence-electron chi connectivity index (χ2n) is 6.37. The minimum absolute atomic E-state index is 0.306. The van der Waals surface area contributed by atoms with Gasteiger partial charge >= 0.3 is 0 Å². The summed E-state index contributed by atoms with van der Waals surface area (Å²) in [6, 6.07) is 9.82. The van der Waals surface area contributed by atoms with Crippen molar-refractivity contribution in [1.82, 2.24) is 19.6 Å². The first-order valence-corrected chi connectivity index (χ1v) is 8.92. The molecule has 1 aliphatic heterocycles. The van der Waals surface area contributed by atoms with E-state index in [0.717, 1.165) is 26.9 Å². The van der Waals surface area contributed by atoms with Gasteiger partial charge in [0.15, 0.2) is 0 Å². The molecule has 0 saturated carbocycles. The number of hydrogen-bond donors (Lipinski definition) is 1. The minimum atomic E-state index is -0.970. The summed E-state index contributed by atoms with van der Waals surface area (Å²) < 4.78 is 14.8. The van der Waals surface area contributed by atoms with Crippen LogP contribution >= 0.6 is 11.3 Å². The van der Waals surface area contributed by atoms with Crippen LogP contribution in [-0.2, 0) is 5.60 Å². The van der Waals surface area contributed by atoms with E-state index >= 15 is 0 Å².